The Hall–Kier alpha value is -0.820. The quantitative estimate of drug-likeness (QED) is 0.778. The summed E-state index contributed by atoms with van der Waals surface area (Å²) in [7, 11) is 0. The first-order valence-corrected chi connectivity index (χ1v) is 5.95. The van der Waals surface area contributed by atoms with E-state index in [1.807, 2.05) is 18.2 Å². The molecule has 0 spiro atoms. The van der Waals surface area contributed by atoms with Crippen molar-refractivity contribution in [3.63, 3.8) is 0 Å². The van der Waals surface area contributed by atoms with Crippen LogP contribution in [0.15, 0.2) is 30.3 Å². The van der Waals surface area contributed by atoms with Crippen molar-refractivity contribution in [2.45, 2.75) is 51.6 Å². The van der Waals surface area contributed by atoms with Crippen molar-refractivity contribution in [2.75, 3.05) is 0 Å². The Morgan fingerprint density at radius 3 is 2.00 bits per heavy atom. The van der Waals surface area contributed by atoms with Crippen molar-refractivity contribution in [1.82, 2.24) is 0 Å². The molecule has 1 aromatic rings. The Kier molecular flexibility index (Phi) is 4.34. The first-order valence-electron chi connectivity index (χ1n) is 5.95. The second-order valence-electron chi connectivity index (χ2n) is 4.18. The van der Waals surface area contributed by atoms with Crippen LogP contribution in [-0.4, -0.2) is 10.7 Å². The SMILES string of the molecule is CCC(c1ccccc1)C(O)(CC)CC. The molecular weight excluding hydrogens is 184 g/mol. The predicted octanol–water partition coefficient (Wildman–Crippen LogP) is 3.73. The van der Waals surface area contributed by atoms with Crippen LogP contribution in [0.1, 0.15) is 51.5 Å². The topological polar surface area (TPSA) is 20.2 Å². The molecule has 0 bridgehead atoms. The van der Waals surface area contributed by atoms with Crippen LogP contribution in [-0.2, 0) is 0 Å². The zero-order valence-corrected chi connectivity index (χ0v) is 10.0. The lowest BCUT2D eigenvalue weighted by molar-refractivity contribution is 0.00271. The van der Waals surface area contributed by atoms with Gasteiger partial charge in [-0.1, -0.05) is 51.1 Å². The van der Waals surface area contributed by atoms with Gasteiger partial charge in [0.05, 0.1) is 5.60 Å². The van der Waals surface area contributed by atoms with Gasteiger partial charge in [0.2, 0.25) is 0 Å². The molecule has 84 valence electrons. The van der Waals surface area contributed by atoms with Crippen molar-refractivity contribution in [1.29, 1.82) is 0 Å². The second-order valence-corrected chi connectivity index (χ2v) is 4.18. The van der Waals surface area contributed by atoms with E-state index in [-0.39, 0.29) is 5.92 Å². The third kappa shape index (κ3) is 2.60. The van der Waals surface area contributed by atoms with E-state index in [2.05, 4.69) is 32.9 Å². The molecule has 0 radical (unpaired) electrons. The summed E-state index contributed by atoms with van der Waals surface area (Å²) in [6.45, 7) is 6.28. The molecule has 1 atom stereocenters. The minimum Gasteiger partial charge on any atom is -0.389 e. The van der Waals surface area contributed by atoms with Gasteiger partial charge in [-0.3, -0.25) is 0 Å². The highest BCUT2D eigenvalue weighted by Gasteiger charge is 2.32. The summed E-state index contributed by atoms with van der Waals surface area (Å²) in [5, 5.41) is 10.5. The normalized spacial score (nSPS) is 13.9. The molecule has 0 aliphatic carbocycles. The average molecular weight is 206 g/mol. The number of hydrogen-bond donors (Lipinski definition) is 1. The van der Waals surface area contributed by atoms with Crippen molar-refractivity contribution >= 4 is 0 Å². The fourth-order valence-corrected chi connectivity index (χ4v) is 2.35. The van der Waals surface area contributed by atoms with Gasteiger partial charge in [0.15, 0.2) is 0 Å². The predicted molar refractivity (Wildman–Crippen MR) is 65.0 cm³/mol. The summed E-state index contributed by atoms with van der Waals surface area (Å²) < 4.78 is 0. The highest BCUT2D eigenvalue weighted by molar-refractivity contribution is 5.22. The van der Waals surface area contributed by atoms with E-state index in [0.717, 1.165) is 19.3 Å². The van der Waals surface area contributed by atoms with Crippen LogP contribution in [0.3, 0.4) is 0 Å². The minimum atomic E-state index is -0.546. The highest BCUT2D eigenvalue weighted by atomic mass is 16.3. The maximum absolute atomic E-state index is 10.5. The second kappa shape index (κ2) is 5.32. The molecule has 15 heavy (non-hydrogen) atoms. The molecule has 1 aromatic carbocycles. The van der Waals surface area contributed by atoms with Gasteiger partial charge in [-0.25, -0.2) is 0 Å². The molecule has 0 amide bonds. The van der Waals surface area contributed by atoms with E-state index in [1.54, 1.807) is 0 Å². The van der Waals surface area contributed by atoms with Gasteiger partial charge in [-0.05, 0) is 24.8 Å². The number of aliphatic hydroxyl groups is 1. The zero-order chi connectivity index (χ0) is 11.3. The Morgan fingerprint density at radius 1 is 1.07 bits per heavy atom. The van der Waals surface area contributed by atoms with Crippen LogP contribution >= 0.6 is 0 Å². The molecule has 1 nitrogen and oxygen atoms in total. The van der Waals surface area contributed by atoms with Gasteiger partial charge in [-0.2, -0.15) is 0 Å². The average Bonchev–Trinajstić information content (AvgIpc) is 2.31. The van der Waals surface area contributed by atoms with Crippen LogP contribution < -0.4 is 0 Å². The van der Waals surface area contributed by atoms with Crippen LogP contribution in [0.4, 0.5) is 0 Å². The standard InChI is InChI=1S/C14H22O/c1-4-13(14(15,5-2)6-3)12-10-8-7-9-11-12/h7-11,13,15H,4-6H2,1-3H3. The molecule has 0 fully saturated rings. The lowest BCUT2D eigenvalue weighted by atomic mass is 9.77. The molecule has 0 aromatic heterocycles. The fraction of sp³-hybridized carbons (Fsp3) is 0.571. The lowest BCUT2D eigenvalue weighted by Crippen LogP contribution is -2.34. The Labute approximate surface area is 93.1 Å². The summed E-state index contributed by atoms with van der Waals surface area (Å²) in [6, 6.07) is 10.3. The van der Waals surface area contributed by atoms with E-state index in [4.69, 9.17) is 0 Å². The van der Waals surface area contributed by atoms with Crippen LogP contribution in [0.2, 0.25) is 0 Å². The van der Waals surface area contributed by atoms with Gasteiger partial charge >= 0.3 is 0 Å². The maximum atomic E-state index is 10.5. The molecular formula is C14H22O. The number of benzene rings is 1. The largest absolute Gasteiger partial charge is 0.389 e. The molecule has 1 N–H and O–H groups in total. The van der Waals surface area contributed by atoms with E-state index in [9.17, 15) is 5.11 Å². The van der Waals surface area contributed by atoms with Crippen LogP contribution in [0.25, 0.3) is 0 Å². The first kappa shape index (κ1) is 12.3. The first-order chi connectivity index (χ1) is 7.18. The van der Waals surface area contributed by atoms with Crippen LogP contribution in [0, 0.1) is 0 Å². The summed E-state index contributed by atoms with van der Waals surface area (Å²) in [6.07, 6.45) is 2.62. The molecule has 0 heterocycles. The fourth-order valence-electron chi connectivity index (χ4n) is 2.35. The smallest absolute Gasteiger partial charge is 0.0710 e. The van der Waals surface area contributed by atoms with E-state index >= 15 is 0 Å². The van der Waals surface area contributed by atoms with Crippen molar-refractivity contribution in [3.8, 4) is 0 Å². The zero-order valence-electron chi connectivity index (χ0n) is 10.0. The monoisotopic (exact) mass is 206 g/mol. The van der Waals surface area contributed by atoms with Crippen LogP contribution in [0.5, 0.6) is 0 Å². The Balaban J connectivity index is 2.98. The third-order valence-corrected chi connectivity index (χ3v) is 3.48. The summed E-state index contributed by atoms with van der Waals surface area (Å²) in [5.74, 6) is 0.258. The molecule has 0 saturated carbocycles. The Bertz CT molecular complexity index is 275. The third-order valence-electron chi connectivity index (χ3n) is 3.48. The van der Waals surface area contributed by atoms with Gasteiger partial charge in [0, 0.05) is 5.92 Å². The van der Waals surface area contributed by atoms with Gasteiger partial charge < -0.3 is 5.11 Å². The highest BCUT2D eigenvalue weighted by Crippen LogP contribution is 2.36. The van der Waals surface area contributed by atoms with Crippen molar-refractivity contribution in [2.24, 2.45) is 0 Å². The van der Waals surface area contributed by atoms with E-state index < -0.39 is 5.60 Å². The van der Waals surface area contributed by atoms with Gasteiger partial charge in [-0.15, -0.1) is 0 Å². The molecule has 0 aliphatic heterocycles. The van der Waals surface area contributed by atoms with E-state index in [1.165, 1.54) is 5.56 Å². The maximum Gasteiger partial charge on any atom is 0.0710 e. The number of hydrogen-bond acceptors (Lipinski definition) is 1. The lowest BCUT2D eigenvalue weighted by Gasteiger charge is -2.34. The Morgan fingerprint density at radius 2 is 1.60 bits per heavy atom. The number of rotatable bonds is 5. The van der Waals surface area contributed by atoms with Crippen molar-refractivity contribution in [3.05, 3.63) is 35.9 Å². The minimum absolute atomic E-state index is 0.258. The molecule has 1 rings (SSSR count). The summed E-state index contributed by atoms with van der Waals surface area (Å²) in [5.41, 5.74) is 0.710. The molecule has 0 aliphatic rings. The van der Waals surface area contributed by atoms with E-state index in [0.29, 0.717) is 0 Å². The molecule has 1 unspecified atom stereocenters. The van der Waals surface area contributed by atoms with Crippen molar-refractivity contribution < 1.29 is 5.11 Å². The van der Waals surface area contributed by atoms with Gasteiger partial charge in [0.1, 0.15) is 0 Å². The molecule has 1 heteroatoms. The summed E-state index contributed by atoms with van der Waals surface area (Å²) >= 11 is 0. The molecule has 0 saturated heterocycles. The summed E-state index contributed by atoms with van der Waals surface area (Å²) in [4.78, 5) is 0. The van der Waals surface area contributed by atoms with Gasteiger partial charge in [0.25, 0.3) is 0 Å².